The lowest BCUT2D eigenvalue weighted by Crippen LogP contribution is -2.23. The molecule has 0 unspecified atom stereocenters. The van der Waals surface area contributed by atoms with E-state index in [1.165, 1.54) is 22.5 Å². The molecule has 1 heterocycles. The Labute approximate surface area is 105 Å². The summed E-state index contributed by atoms with van der Waals surface area (Å²) in [6.07, 6.45) is 0.975. The van der Waals surface area contributed by atoms with Crippen LogP contribution in [0, 0.1) is 0 Å². The fourth-order valence-corrected chi connectivity index (χ4v) is 2.20. The number of benzene rings is 1. The minimum absolute atomic E-state index is 0.114. The average molecular weight is 246 g/mol. The van der Waals surface area contributed by atoms with Crippen molar-refractivity contribution < 1.29 is 4.79 Å². The van der Waals surface area contributed by atoms with Crippen molar-refractivity contribution in [3.8, 4) is 0 Å². The van der Waals surface area contributed by atoms with Crippen LogP contribution in [0.4, 0.5) is 0 Å². The van der Waals surface area contributed by atoms with Crippen LogP contribution >= 0.6 is 11.3 Å². The number of nitrogens with one attached hydrogen (secondary N) is 1. The van der Waals surface area contributed by atoms with Crippen LogP contribution in [0.15, 0.2) is 35.2 Å². The van der Waals surface area contributed by atoms with Crippen LogP contribution < -0.4 is 5.32 Å². The van der Waals surface area contributed by atoms with Gasteiger partial charge in [0.15, 0.2) is 0 Å². The largest absolute Gasteiger partial charge is 0.347 e. The van der Waals surface area contributed by atoms with Crippen molar-refractivity contribution in [1.82, 2.24) is 10.3 Å². The molecule has 2 rings (SSSR count). The summed E-state index contributed by atoms with van der Waals surface area (Å²) in [6.45, 7) is 2.67. The first kappa shape index (κ1) is 11.8. The second kappa shape index (κ2) is 5.59. The number of aryl methyl sites for hydroxylation is 1. The van der Waals surface area contributed by atoms with Crippen LogP contribution in [0.25, 0.3) is 0 Å². The summed E-state index contributed by atoms with van der Waals surface area (Å²) < 4.78 is 0. The summed E-state index contributed by atoms with van der Waals surface area (Å²) in [5.74, 6) is -0.114. The highest BCUT2D eigenvalue weighted by atomic mass is 32.1. The van der Waals surface area contributed by atoms with Crippen molar-refractivity contribution in [3.63, 3.8) is 0 Å². The number of carbonyl (C=O) groups is 1. The zero-order chi connectivity index (χ0) is 12.1. The van der Waals surface area contributed by atoms with Gasteiger partial charge < -0.3 is 5.32 Å². The average Bonchev–Trinajstić information content (AvgIpc) is 2.90. The molecule has 0 atom stereocenters. The molecule has 3 nitrogen and oxygen atoms in total. The van der Waals surface area contributed by atoms with Gasteiger partial charge >= 0.3 is 0 Å². The Balaban J connectivity index is 2.00. The van der Waals surface area contributed by atoms with Gasteiger partial charge in [-0.1, -0.05) is 31.2 Å². The highest BCUT2D eigenvalue weighted by Crippen LogP contribution is 2.09. The number of thiazole rings is 1. The third-order valence-electron chi connectivity index (χ3n) is 2.60. The lowest BCUT2D eigenvalue weighted by Gasteiger charge is -2.08. The smallest absolute Gasteiger partial charge is 0.271 e. The summed E-state index contributed by atoms with van der Waals surface area (Å²) in [4.78, 5) is 15.7. The molecule has 0 fully saturated rings. The Bertz CT molecular complexity index is 494. The third kappa shape index (κ3) is 2.91. The Kier molecular flexibility index (Phi) is 3.88. The van der Waals surface area contributed by atoms with Crippen molar-refractivity contribution in [2.75, 3.05) is 0 Å². The molecular weight excluding hydrogens is 232 g/mol. The molecule has 1 amide bonds. The van der Waals surface area contributed by atoms with Gasteiger partial charge in [0.25, 0.3) is 5.91 Å². The van der Waals surface area contributed by atoms with Crippen molar-refractivity contribution in [3.05, 3.63) is 52.0 Å². The number of carbonyl (C=O) groups excluding carboxylic acids is 1. The van der Waals surface area contributed by atoms with E-state index in [4.69, 9.17) is 0 Å². The number of hydrogen-bond donors (Lipinski definition) is 1. The second-order valence-electron chi connectivity index (χ2n) is 3.68. The Morgan fingerprint density at radius 1 is 1.35 bits per heavy atom. The van der Waals surface area contributed by atoms with Gasteiger partial charge in [-0.25, -0.2) is 4.98 Å². The second-order valence-corrected chi connectivity index (χ2v) is 4.40. The molecule has 4 heteroatoms. The van der Waals surface area contributed by atoms with E-state index >= 15 is 0 Å². The fourth-order valence-electron chi connectivity index (χ4n) is 1.67. The van der Waals surface area contributed by atoms with Crippen molar-refractivity contribution in [1.29, 1.82) is 0 Å². The lowest BCUT2D eigenvalue weighted by atomic mass is 10.1. The standard InChI is InChI=1S/C13H14N2OS/c1-2-10-5-3-4-6-11(10)7-14-13(16)12-8-17-9-15-12/h3-6,8-9H,2,7H2,1H3,(H,14,16). The van der Waals surface area contributed by atoms with Crippen LogP contribution in [-0.4, -0.2) is 10.9 Å². The molecule has 88 valence electrons. The van der Waals surface area contributed by atoms with Gasteiger partial charge in [-0.05, 0) is 17.5 Å². The van der Waals surface area contributed by atoms with Gasteiger partial charge in [0.1, 0.15) is 5.69 Å². The Hall–Kier alpha value is -1.68. The lowest BCUT2D eigenvalue weighted by molar-refractivity contribution is 0.0946. The summed E-state index contributed by atoms with van der Waals surface area (Å²) in [6, 6.07) is 8.14. The van der Waals surface area contributed by atoms with E-state index in [1.54, 1.807) is 10.9 Å². The Morgan fingerprint density at radius 3 is 2.76 bits per heavy atom. The number of hydrogen-bond acceptors (Lipinski definition) is 3. The molecule has 0 bridgehead atoms. The van der Waals surface area contributed by atoms with Gasteiger partial charge in [-0.15, -0.1) is 11.3 Å². The molecule has 0 radical (unpaired) electrons. The molecule has 0 saturated carbocycles. The van der Waals surface area contributed by atoms with Gasteiger partial charge in [-0.3, -0.25) is 4.79 Å². The van der Waals surface area contributed by atoms with Crippen LogP contribution in [0.5, 0.6) is 0 Å². The minimum Gasteiger partial charge on any atom is -0.347 e. The third-order valence-corrected chi connectivity index (χ3v) is 3.19. The predicted molar refractivity (Wildman–Crippen MR) is 69.1 cm³/mol. The quantitative estimate of drug-likeness (QED) is 0.901. The molecule has 1 aromatic carbocycles. The summed E-state index contributed by atoms with van der Waals surface area (Å²) in [7, 11) is 0. The molecule has 1 aromatic heterocycles. The van der Waals surface area contributed by atoms with E-state index < -0.39 is 0 Å². The molecule has 1 N–H and O–H groups in total. The van der Waals surface area contributed by atoms with Gasteiger partial charge in [-0.2, -0.15) is 0 Å². The van der Waals surface area contributed by atoms with E-state index in [9.17, 15) is 4.79 Å². The monoisotopic (exact) mass is 246 g/mol. The van der Waals surface area contributed by atoms with Crippen LogP contribution in [0.1, 0.15) is 28.5 Å². The van der Waals surface area contributed by atoms with E-state index in [0.717, 1.165) is 6.42 Å². The molecule has 0 aliphatic carbocycles. The zero-order valence-electron chi connectivity index (χ0n) is 9.64. The molecule has 0 aliphatic heterocycles. The first-order valence-electron chi connectivity index (χ1n) is 5.54. The van der Waals surface area contributed by atoms with E-state index in [1.807, 2.05) is 18.2 Å². The van der Waals surface area contributed by atoms with Crippen molar-refractivity contribution in [2.24, 2.45) is 0 Å². The van der Waals surface area contributed by atoms with Crippen molar-refractivity contribution in [2.45, 2.75) is 19.9 Å². The molecule has 17 heavy (non-hydrogen) atoms. The van der Waals surface area contributed by atoms with Gasteiger partial charge in [0.2, 0.25) is 0 Å². The Morgan fingerprint density at radius 2 is 2.12 bits per heavy atom. The van der Waals surface area contributed by atoms with E-state index in [0.29, 0.717) is 12.2 Å². The maximum atomic E-state index is 11.7. The molecule has 0 spiro atoms. The first-order chi connectivity index (χ1) is 8.31. The number of amides is 1. The van der Waals surface area contributed by atoms with E-state index in [-0.39, 0.29) is 5.91 Å². The van der Waals surface area contributed by atoms with Crippen molar-refractivity contribution >= 4 is 17.2 Å². The van der Waals surface area contributed by atoms with Crippen LogP contribution in [0.3, 0.4) is 0 Å². The van der Waals surface area contributed by atoms with Crippen LogP contribution in [-0.2, 0) is 13.0 Å². The fraction of sp³-hybridized carbons (Fsp3) is 0.231. The molecular formula is C13H14N2OS. The normalized spacial score (nSPS) is 10.2. The highest BCUT2D eigenvalue weighted by molar-refractivity contribution is 7.07. The van der Waals surface area contributed by atoms with Gasteiger partial charge in [0, 0.05) is 11.9 Å². The molecule has 2 aromatic rings. The highest BCUT2D eigenvalue weighted by Gasteiger charge is 2.07. The summed E-state index contributed by atoms with van der Waals surface area (Å²) >= 11 is 1.43. The topological polar surface area (TPSA) is 42.0 Å². The van der Waals surface area contributed by atoms with Gasteiger partial charge in [0.05, 0.1) is 5.51 Å². The maximum absolute atomic E-state index is 11.7. The summed E-state index contributed by atoms with van der Waals surface area (Å²) in [5.41, 5.74) is 4.59. The SMILES string of the molecule is CCc1ccccc1CNC(=O)c1cscn1. The minimum atomic E-state index is -0.114. The predicted octanol–water partition coefficient (Wildman–Crippen LogP) is 2.64. The number of aromatic nitrogens is 1. The molecule has 0 saturated heterocycles. The number of rotatable bonds is 4. The zero-order valence-corrected chi connectivity index (χ0v) is 10.5. The first-order valence-corrected chi connectivity index (χ1v) is 6.48. The van der Waals surface area contributed by atoms with Crippen LogP contribution in [0.2, 0.25) is 0 Å². The summed E-state index contributed by atoms with van der Waals surface area (Å²) in [5, 5.41) is 4.63. The molecule has 0 aliphatic rings. The number of nitrogens with zero attached hydrogens (tertiary/aromatic N) is 1. The van der Waals surface area contributed by atoms with E-state index in [2.05, 4.69) is 23.3 Å². The maximum Gasteiger partial charge on any atom is 0.271 e.